The third-order valence-electron chi connectivity index (χ3n) is 3.90. The van der Waals surface area contributed by atoms with Gasteiger partial charge in [0.2, 0.25) is 0 Å². The monoisotopic (exact) mass is 308 g/mol. The van der Waals surface area contributed by atoms with Gasteiger partial charge in [0.05, 0.1) is 13.7 Å². The summed E-state index contributed by atoms with van der Waals surface area (Å²) in [6.07, 6.45) is 13.1. The van der Waals surface area contributed by atoms with Crippen molar-refractivity contribution in [1.82, 2.24) is 0 Å². The number of benzene rings is 1. The molecule has 0 saturated heterocycles. The Morgan fingerprint density at radius 1 is 0.818 bits per heavy atom. The molecular weight excluding hydrogens is 276 g/mol. The molecule has 126 valence electrons. The summed E-state index contributed by atoms with van der Waals surface area (Å²) in [6, 6.07) is 4.94. The van der Waals surface area contributed by atoms with E-state index in [-0.39, 0.29) is 5.75 Å². The number of hydrogen-bond donors (Lipinski definition) is 1. The molecule has 0 aliphatic rings. The van der Waals surface area contributed by atoms with Gasteiger partial charge in [-0.1, -0.05) is 64.7 Å². The number of rotatable bonds is 13. The summed E-state index contributed by atoms with van der Waals surface area (Å²) in [5.74, 6) is 1.50. The summed E-state index contributed by atoms with van der Waals surface area (Å²) in [5.41, 5.74) is 0. The van der Waals surface area contributed by atoms with Crippen LogP contribution in [0.5, 0.6) is 17.2 Å². The fraction of sp³-hybridized carbons (Fsp3) is 0.684. The highest BCUT2D eigenvalue weighted by Gasteiger charge is 2.05. The third kappa shape index (κ3) is 8.16. The Kier molecular flexibility index (Phi) is 10.3. The normalized spacial score (nSPS) is 10.6. The van der Waals surface area contributed by atoms with Gasteiger partial charge in [0, 0.05) is 6.07 Å². The quantitative estimate of drug-likeness (QED) is 0.475. The van der Waals surface area contributed by atoms with Crippen molar-refractivity contribution in [3.8, 4) is 17.2 Å². The lowest BCUT2D eigenvalue weighted by atomic mass is 10.1. The van der Waals surface area contributed by atoms with Crippen LogP contribution >= 0.6 is 0 Å². The lowest BCUT2D eigenvalue weighted by Gasteiger charge is -2.10. The van der Waals surface area contributed by atoms with Crippen LogP contribution in [0, 0.1) is 0 Å². The second kappa shape index (κ2) is 12.2. The Balaban J connectivity index is 2.01. The van der Waals surface area contributed by atoms with Crippen LogP contribution in [-0.4, -0.2) is 18.8 Å². The molecule has 0 spiro atoms. The Morgan fingerprint density at radius 2 is 1.41 bits per heavy atom. The van der Waals surface area contributed by atoms with Gasteiger partial charge >= 0.3 is 0 Å². The highest BCUT2D eigenvalue weighted by Crippen LogP contribution is 2.30. The zero-order valence-electron chi connectivity index (χ0n) is 14.3. The van der Waals surface area contributed by atoms with Gasteiger partial charge in [0.15, 0.2) is 11.5 Å². The van der Waals surface area contributed by atoms with E-state index in [2.05, 4.69) is 6.92 Å². The molecule has 0 aliphatic heterocycles. The first-order valence-electron chi connectivity index (χ1n) is 8.77. The van der Waals surface area contributed by atoms with Crippen molar-refractivity contribution in [2.45, 2.75) is 71.1 Å². The van der Waals surface area contributed by atoms with Crippen molar-refractivity contribution in [3.63, 3.8) is 0 Å². The average molecular weight is 308 g/mol. The number of phenols is 1. The molecule has 0 fully saturated rings. The number of aromatic hydroxyl groups is 1. The molecule has 0 aliphatic carbocycles. The predicted molar refractivity (Wildman–Crippen MR) is 92.0 cm³/mol. The lowest BCUT2D eigenvalue weighted by molar-refractivity contribution is 0.283. The van der Waals surface area contributed by atoms with E-state index in [1.165, 1.54) is 57.8 Å². The van der Waals surface area contributed by atoms with Crippen LogP contribution in [0.1, 0.15) is 71.1 Å². The SMILES string of the molecule is CCCCCCCCCCCCOc1cc(O)ccc1OC. The van der Waals surface area contributed by atoms with Crippen molar-refractivity contribution in [2.75, 3.05) is 13.7 Å². The molecular formula is C19H32O3. The van der Waals surface area contributed by atoms with Gasteiger partial charge in [-0.05, 0) is 18.6 Å². The maximum atomic E-state index is 9.47. The minimum absolute atomic E-state index is 0.207. The highest BCUT2D eigenvalue weighted by atomic mass is 16.5. The number of ether oxygens (including phenoxy) is 2. The zero-order valence-corrected chi connectivity index (χ0v) is 14.3. The van der Waals surface area contributed by atoms with E-state index in [1.807, 2.05) is 0 Å². The van der Waals surface area contributed by atoms with Gasteiger partial charge in [0.25, 0.3) is 0 Å². The largest absolute Gasteiger partial charge is 0.508 e. The summed E-state index contributed by atoms with van der Waals surface area (Å²) >= 11 is 0. The summed E-state index contributed by atoms with van der Waals surface area (Å²) < 4.78 is 10.9. The van der Waals surface area contributed by atoms with E-state index in [0.29, 0.717) is 18.1 Å². The summed E-state index contributed by atoms with van der Waals surface area (Å²) in [7, 11) is 1.61. The van der Waals surface area contributed by atoms with Crippen LogP contribution in [-0.2, 0) is 0 Å². The van der Waals surface area contributed by atoms with E-state index < -0.39 is 0 Å². The lowest BCUT2D eigenvalue weighted by Crippen LogP contribution is -1.99. The first-order chi connectivity index (χ1) is 10.8. The van der Waals surface area contributed by atoms with Crippen LogP contribution in [0.4, 0.5) is 0 Å². The Morgan fingerprint density at radius 3 is 2.00 bits per heavy atom. The van der Waals surface area contributed by atoms with E-state index in [9.17, 15) is 5.11 Å². The molecule has 0 aromatic heterocycles. The number of hydrogen-bond acceptors (Lipinski definition) is 3. The Bertz CT molecular complexity index is 390. The molecule has 0 amide bonds. The van der Waals surface area contributed by atoms with Crippen molar-refractivity contribution in [1.29, 1.82) is 0 Å². The standard InChI is InChI=1S/C19H32O3/c1-3-4-5-6-7-8-9-10-11-12-15-22-19-16-17(20)13-14-18(19)21-2/h13-14,16,20H,3-12,15H2,1-2H3. The van der Waals surface area contributed by atoms with Gasteiger partial charge in [0.1, 0.15) is 5.75 Å². The average Bonchev–Trinajstić information content (AvgIpc) is 2.53. The first kappa shape index (κ1) is 18.7. The zero-order chi connectivity index (χ0) is 16.0. The molecule has 3 heteroatoms. The van der Waals surface area contributed by atoms with E-state index in [4.69, 9.17) is 9.47 Å². The van der Waals surface area contributed by atoms with Crippen molar-refractivity contribution in [3.05, 3.63) is 18.2 Å². The van der Waals surface area contributed by atoms with Crippen LogP contribution in [0.25, 0.3) is 0 Å². The molecule has 3 nitrogen and oxygen atoms in total. The maximum Gasteiger partial charge on any atom is 0.164 e. The molecule has 0 bridgehead atoms. The molecule has 1 aromatic carbocycles. The van der Waals surface area contributed by atoms with Gasteiger partial charge in [-0.15, -0.1) is 0 Å². The number of unbranched alkanes of at least 4 members (excludes halogenated alkanes) is 9. The number of phenolic OH excluding ortho intramolecular Hbond substituents is 1. The molecule has 0 saturated carbocycles. The highest BCUT2D eigenvalue weighted by molar-refractivity contribution is 5.44. The maximum absolute atomic E-state index is 9.47. The van der Waals surface area contributed by atoms with Gasteiger partial charge in [-0.25, -0.2) is 0 Å². The van der Waals surface area contributed by atoms with Crippen molar-refractivity contribution >= 4 is 0 Å². The minimum atomic E-state index is 0.207. The summed E-state index contributed by atoms with van der Waals surface area (Å²) in [6.45, 7) is 2.94. The van der Waals surface area contributed by atoms with Crippen LogP contribution in [0.15, 0.2) is 18.2 Å². The smallest absolute Gasteiger partial charge is 0.164 e. The first-order valence-corrected chi connectivity index (χ1v) is 8.77. The van der Waals surface area contributed by atoms with Crippen LogP contribution in [0.2, 0.25) is 0 Å². The third-order valence-corrected chi connectivity index (χ3v) is 3.90. The van der Waals surface area contributed by atoms with E-state index >= 15 is 0 Å². The fourth-order valence-corrected chi connectivity index (χ4v) is 2.55. The minimum Gasteiger partial charge on any atom is -0.508 e. The van der Waals surface area contributed by atoms with Crippen LogP contribution in [0.3, 0.4) is 0 Å². The van der Waals surface area contributed by atoms with Gasteiger partial charge in [-0.3, -0.25) is 0 Å². The van der Waals surface area contributed by atoms with Gasteiger partial charge < -0.3 is 14.6 Å². The molecule has 22 heavy (non-hydrogen) atoms. The molecule has 0 radical (unpaired) electrons. The second-order valence-corrected chi connectivity index (χ2v) is 5.87. The second-order valence-electron chi connectivity index (χ2n) is 5.87. The molecule has 1 N–H and O–H groups in total. The van der Waals surface area contributed by atoms with E-state index in [0.717, 1.165) is 6.42 Å². The van der Waals surface area contributed by atoms with Gasteiger partial charge in [-0.2, -0.15) is 0 Å². The van der Waals surface area contributed by atoms with E-state index in [1.54, 1.807) is 25.3 Å². The predicted octanol–water partition coefficient (Wildman–Crippen LogP) is 5.70. The molecule has 0 heterocycles. The molecule has 0 unspecified atom stereocenters. The van der Waals surface area contributed by atoms with Crippen LogP contribution < -0.4 is 9.47 Å². The fourth-order valence-electron chi connectivity index (χ4n) is 2.55. The summed E-state index contributed by atoms with van der Waals surface area (Å²) in [4.78, 5) is 0. The van der Waals surface area contributed by atoms with Crippen molar-refractivity contribution in [2.24, 2.45) is 0 Å². The molecule has 0 atom stereocenters. The molecule has 1 aromatic rings. The Hall–Kier alpha value is -1.38. The van der Waals surface area contributed by atoms with Crippen molar-refractivity contribution < 1.29 is 14.6 Å². The topological polar surface area (TPSA) is 38.7 Å². The number of methoxy groups -OCH3 is 1. The summed E-state index contributed by atoms with van der Waals surface area (Å²) in [5, 5.41) is 9.47. The Labute approximate surface area is 135 Å². The molecule has 1 rings (SSSR count).